The van der Waals surface area contributed by atoms with Crippen LogP contribution in [0, 0.1) is 5.82 Å². The third-order valence-electron chi connectivity index (χ3n) is 5.85. The van der Waals surface area contributed by atoms with E-state index in [1.54, 1.807) is 19.1 Å². The van der Waals surface area contributed by atoms with Crippen molar-refractivity contribution in [3.63, 3.8) is 0 Å². The van der Waals surface area contributed by atoms with E-state index in [9.17, 15) is 18.8 Å². The first kappa shape index (κ1) is 28.8. The van der Waals surface area contributed by atoms with E-state index < -0.39 is 48.0 Å². The Morgan fingerprint density at radius 3 is 2.71 bits per heavy atom. The molecule has 1 aliphatic rings. The third kappa shape index (κ3) is 7.64. The van der Waals surface area contributed by atoms with Crippen molar-refractivity contribution in [2.75, 3.05) is 13.7 Å². The molecule has 1 aromatic heterocycles. The quantitative estimate of drug-likeness (QED) is 0.483. The number of nitrogens with zero attached hydrogens (tertiary/aromatic N) is 1. The summed E-state index contributed by atoms with van der Waals surface area (Å²) in [4.78, 5) is 41.8. The fraction of sp³-hybridized carbons (Fsp3) is 0.481. The number of benzene rings is 1. The zero-order valence-corrected chi connectivity index (χ0v) is 21.9. The van der Waals surface area contributed by atoms with Crippen LogP contribution in [0.2, 0.25) is 0 Å². The Morgan fingerprint density at radius 2 is 2.03 bits per heavy atom. The number of ether oxygens (including phenoxy) is 5. The van der Waals surface area contributed by atoms with E-state index in [4.69, 9.17) is 23.7 Å². The highest BCUT2D eigenvalue weighted by atomic mass is 19.1. The second-order valence-corrected chi connectivity index (χ2v) is 8.83. The number of halogens is 1. The van der Waals surface area contributed by atoms with E-state index in [0.29, 0.717) is 25.2 Å². The number of amides is 1. The van der Waals surface area contributed by atoms with Gasteiger partial charge in [0.15, 0.2) is 11.4 Å². The highest BCUT2D eigenvalue weighted by Gasteiger charge is 2.36. The van der Waals surface area contributed by atoms with Gasteiger partial charge in [-0.25, -0.2) is 14.2 Å². The molecule has 2 aromatic rings. The Hall–Kier alpha value is -3.73. The number of nitrogens with one attached hydrogen (secondary N) is 1. The SMILES string of the molecule is CCCOC1C(C)OC(=O)C(NC(=O)c2nccc(OC)c2OC(C)=O)CCCC1Oc1cccc(F)c1. The summed E-state index contributed by atoms with van der Waals surface area (Å²) < 4.78 is 41.9. The van der Waals surface area contributed by atoms with Gasteiger partial charge in [0, 0.05) is 31.9 Å². The van der Waals surface area contributed by atoms with Gasteiger partial charge in [0.25, 0.3) is 5.91 Å². The predicted molar refractivity (Wildman–Crippen MR) is 134 cm³/mol. The van der Waals surface area contributed by atoms with E-state index in [-0.39, 0.29) is 23.6 Å². The van der Waals surface area contributed by atoms with Crippen LogP contribution in [0.4, 0.5) is 4.39 Å². The van der Waals surface area contributed by atoms with E-state index >= 15 is 0 Å². The molecule has 0 bridgehead atoms. The van der Waals surface area contributed by atoms with Crippen LogP contribution in [-0.2, 0) is 19.1 Å². The van der Waals surface area contributed by atoms with Crippen molar-refractivity contribution in [2.45, 2.75) is 70.8 Å². The highest BCUT2D eigenvalue weighted by molar-refractivity contribution is 5.98. The molecule has 1 N–H and O–H groups in total. The van der Waals surface area contributed by atoms with E-state index in [2.05, 4.69) is 10.3 Å². The van der Waals surface area contributed by atoms with Crippen LogP contribution in [0.1, 0.15) is 56.9 Å². The van der Waals surface area contributed by atoms with Crippen LogP contribution in [0.3, 0.4) is 0 Å². The fourth-order valence-electron chi connectivity index (χ4n) is 4.13. The van der Waals surface area contributed by atoms with Gasteiger partial charge in [0.05, 0.1) is 7.11 Å². The van der Waals surface area contributed by atoms with E-state index in [0.717, 1.165) is 6.42 Å². The second kappa shape index (κ2) is 13.7. The molecule has 1 saturated heterocycles. The van der Waals surface area contributed by atoms with Gasteiger partial charge in [-0.15, -0.1) is 0 Å². The van der Waals surface area contributed by atoms with Gasteiger partial charge in [-0.2, -0.15) is 0 Å². The molecule has 10 nitrogen and oxygen atoms in total. The Kier molecular flexibility index (Phi) is 10.4. The Balaban J connectivity index is 1.81. The van der Waals surface area contributed by atoms with Crippen LogP contribution in [-0.4, -0.2) is 60.9 Å². The number of pyridine rings is 1. The zero-order chi connectivity index (χ0) is 27.7. The minimum absolute atomic E-state index is 0.138. The number of esters is 2. The number of aromatic nitrogens is 1. The number of methoxy groups -OCH3 is 1. The summed E-state index contributed by atoms with van der Waals surface area (Å²) >= 11 is 0. The molecule has 206 valence electrons. The molecule has 3 rings (SSSR count). The van der Waals surface area contributed by atoms with Crippen molar-refractivity contribution >= 4 is 17.8 Å². The van der Waals surface area contributed by atoms with Gasteiger partial charge in [-0.3, -0.25) is 9.59 Å². The van der Waals surface area contributed by atoms with Gasteiger partial charge in [-0.1, -0.05) is 13.0 Å². The predicted octanol–water partition coefficient (Wildman–Crippen LogP) is 3.61. The Morgan fingerprint density at radius 1 is 1.24 bits per heavy atom. The lowest BCUT2D eigenvalue weighted by Crippen LogP contribution is -2.46. The van der Waals surface area contributed by atoms with Crippen molar-refractivity contribution < 1.29 is 42.5 Å². The average Bonchev–Trinajstić information content (AvgIpc) is 2.91. The summed E-state index contributed by atoms with van der Waals surface area (Å²) in [7, 11) is 1.36. The molecule has 0 radical (unpaired) electrons. The molecular weight excluding hydrogens is 499 g/mol. The van der Waals surface area contributed by atoms with Crippen molar-refractivity contribution in [1.82, 2.24) is 10.3 Å². The first-order valence-corrected chi connectivity index (χ1v) is 12.5. The summed E-state index contributed by atoms with van der Waals surface area (Å²) in [5.41, 5.74) is -0.211. The molecule has 1 aliphatic heterocycles. The molecule has 0 saturated carbocycles. The first-order chi connectivity index (χ1) is 18.2. The van der Waals surface area contributed by atoms with Crippen molar-refractivity contribution in [1.29, 1.82) is 0 Å². The maximum absolute atomic E-state index is 13.8. The number of rotatable bonds is 9. The van der Waals surface area contributed by atoms with Gasteiger partial charge < -0.3 is 29.0 Å². The van der Waals surface area contributed by atoms with Gasteiger partial charge in [0.1, 0.15) is 35.9 Å². The average molecular weight is 533 g/mol. The van der Waals surface area contributed by atoms with Crippen molar-refractivity contribution in [3.8, 4) is 17.2 Å². The van der Waals surface area contributed by atoms with Gasteiger partial charge in [0.2, 0.25) is 5.75 Å². The molecule has 0 aliphatic carbocycles. The topological polar surface area (TPSA) is 122 Å². The standard InChI is InChI=1S/C27H33FN2O8/c1-5-14-35-24-16(2)36-27(33)20(10-7-11-22(24)38-19-9-6-8-18(28)15-19)30-26(32)23-25(37-17(3)31)21(34-4)12-13-29-23/h6,8-9,12-13,15-16,20,22,24H,5,7,10-11,14H2,1-4H3,(H,30,32). The summed E-state index contributed by atoms with van der Waals surface area (Å²) in [5, 5.41) is 2.64. The first-order valence-electron chi connectivity index (χ1n) is 12.5. The lowest BCUT2D eigenvalue weighted by Gasteiger charge is -2.31. The van der Waals surface area contributed by atoms with Crippen LogP contribution in [0.25, 0.3) is 0 Å². The molecule has 4 unspecified atom stereocenters. The number of carbonyl (C=O) groups is 3. The molecule has 0 spiro atoms. The van der Waals surface area contributed by atoms with E-state index in [1.165, 1.54) is 38.4 Å². The number of hydrogen-bond acceptors (Lipinski definition) is 9. The number of carbonyl (C=O) groups excluding carboxylic acids is 3. The lowest BCUT2D eigenvalue weighted by atomic mass is 10.0. The smallest absolute Gasteiger partial charge is 0.329 e. The minimum Gasteiger partial charge on any atom is -0.493 e. The molecule has 1 fully saturated rings. The minimum atomic E-state index is -1.01. The van der Waals surface area contributed by atoms with Crippen molar-refractivity contribution in [3.05, 3.63) is 48.0 Å². The fourth-order valence-corrected chi connectivity index (χ4v) is 4.13. The monoisotopic (exact) mass is 532 g/mol. The zero-order valence-electron chi connectivity index (χ0n) is 21.9. The number of cyclic esters (lactones) is 1. The maximum atomic E-state index is 13.8. The molecule has 2 heterocycles. The molecule has 1 amide bonds. The Labute approximate surface area is 220 Å². The Bertz CT molecular complexity index is 1130. The summed E-state index contributed by atoms with van der Waals surface area (Å²) in [5.74, 6) is -2.16. The van der Waals surface area contributed by atoms with Crippen LogP contribution < -0.4 is 19.5 Å². The summed E-state index contributed by atoms with van der Waals surface area (Å²) in [6.45, 7) is 5.24. The summed E-state index contributed by atoms with van der Waals surface area (Å²) in [6, 6.07) is 6.23. The molecule has 4 atom stereocenters. The molecule has 38 heavy (non-hydrogen) atoms. The second-order valence-electron chi connectivity index (χ2n) is 8.83. The van der Waals surface area contributed by atoms with Gasteiger partial charge >= 0.3 is 11.9 Å². The van der Waals surface area contributed by atoms with Crippen LogP contribution >= 0.6 is 0 Å². The normalized spacial score (nSPS) is 21.8. The molecule has 11 heteroatoms. The summed E-state index contributed by atoms with van der Waals surface area (Å²) in [6.07, 6.45) is 1.33. The van der Waals surface area contributed by atoms with Crippen LogP contribution in [0.15, 0.2) is 36.5 Å². The largest absolute Gasteiger partial charge is 0.493 e. The maximum Gasteiger partial charge on any atom is 0.329 e. The number of hydrogen-bond donors (Lipinski definition) is 1. The van der Waals surface area contributed by atoms with E-state index in [1.807, 2.05) is 6.92 Å². The highest BCUT2D eigenvalue weighted by Crippen LogP contribution is 2.30. The molecule has 1 aromatic carbocycles. The lowest BCUT2D eigenvalue weighted by molar-refractivity contribution is -0.163. The molecular formula is C27H33FN2O8. The van der Waals surface area contributed by atoms with Gasteiger partial charge in [-0.05, 0) is 44.7 Å². The van der Waals surface area contributed by atoms with Crippen LogP contribution in [0.5, 0.6) is 17.2 Å². The third-order valence-corrected chi connectivity index (χ3v) is 5.85. The van der Waals surface area contributed by atoms with Crippen molar-refractivity contribution in [2.24, 2.45) is 0 Å².